The van der Waals surface area contributed by atoms with Crippen molar-refractivity contribution in [2.24, 2.45) is 5.41 Å². The van der Waals surface area contributed by atoms with E-state index in [0.717, 1.165) is 13.2 Å². The Hall–Kier alpha value is 0.170. The van der Waals surface area contributed by atoms with E-state index in [4.69, 9.17) is 4.74 Å². The van der Waals surface area contributed by atoms with Gasteiger partial charge in [-0.15, -0.1) is 12.4 Å². The summed E-state index contributed by atoms with van der Waals surface area (Å²) in [5, 5.41) is 3.55. The third-order valence-electron chi connectivity index (χ3n) is 3.61. The van der Waals surface area contributed by atoms with Gasteiger partial charge < -0.3 is 4.74 Å². The standard InChI is InChI=1S/C12H24N2O.ClH/c1-12(2)8-13-11(15-9-12)10-6-4-5-7-14(10)3;/h10-11,13H,4-9H2,1-3H3;1H. The minimum atomic E-state index is 0. The first-order valence-electron chi connectivity index (χ1n) is 6.14. The van der Waals surface area contributed by atoms with Crippen LogP contribution in [-0.2, 0) is 4.74 Å². The summed E-state index contributed by atoms with van der Waals surface area (Å²) in [6.07, 6.45) is 4.21. The van der Waals surface area contributed by atoms with Crippen molar-refractivity contribution in [2.75, 3.05) is 26.7 Å². The van der Waals surface area contributed by atoms with Gasteiger partial charge in [0.1, 0.15) is 6.23 Å². The molecule has 2 aliphatic heterocycles. The summed E-state index contributed by atoms with van der Waals surface area (Å²) in [5.41, 5.74) is 0.295. The predicted octanol–water partition coefficient (Wildman–Crippen LogP) is 1.86. The van der Waals surface area contributed by atoms with Gasteiger partial charge in [0, 0.05) is 18.0 Å². The number of ether oxygens (including phenoxy) is 1. The molecule has 2 unspecified atom stereocenters. The molecule has 0 saturated carbocycles. The molecule has 3 nitrogen and oxygen atoms in total. The molecule has 1 N–H and O–H groups in total. The molecule has 0 aromatic carbocycles. The van der Waals surface area contributed by atoms with Gasteiger partial charge in [-0.1, -0.05) is 20.3 Å². The summed E-state index contributed by atoms with van der Waals surface area (Å²) < 4.78 is 5.95. The zero-order valence-electron chi connectivity index (χ0n) is 10.7. The van der Waals surface area contributed by atoms with Gasteiger partial charge in [-0.05, 0) is 26.4 Å². The van der Waals surface area contributed by atoms with Crippen LogP contribution in [0.4, 0.5) is 0 Å². The molecule has 0 bridgehead atoms. The van der Waals surface area contributed by atoms with Crippen molar-refractivity contribution in [1.82, 2.24) is 10.2 Å². The third-order valence-corrected chi connectivity index (χ3v) is 3.61. The molecule has 2 heterocycles. The lowest BCUT2D eigenvalue weighted by molar-refractivity contribution is -0.0993. The fraction of sp³-hybridized carbons (Fsp3) is 1.00. The van der Waals surface area contributed by atoms with Crippen LogP contribution in [0.15, 0.2) is 0 Å². The molecule has 0 aromatic heterocycles. The Morgan fingerprint density at radius 3 is 2.62 bits per heavy atom. The summed E-state index contributed by atoms with van der Waals surface area (Å²) in [7, 11) is 2.22. The summed E-state index contributed by atoms with van der Waals surface area (Å²) >= 11 is 0. The third kappa shape index (κ3) is 3.33. The number of nitrogens with zero attached hydrogens (tertiary/aromatic N) is 1. The van der Waals surface area contributed by atoms with Gasteiger partial charge in [0.25, 0.3) is 0 Å². The zero-order valence-corrected chi connectivity index (χ0v) is 11.5. The predicted molar refractivity (Wildman–Crippen MR) is 69.0 cm³/mol. The fourth-order valence-electron chi connectivity index (χ4n) is 2.53. The van der Waals surface area contributed by atoms with Crippen LogP contribution < -0.4 is 5.32 Å². The fourth-order valence-corrected chi connectivity index (χ4v) is 2.53. The molecule has 0 amide bonds. The lowest BCUT2D eigenvalue weighted by Gasteiger charge is -2.43. The number of piperidine rings is 1. The highest BCUT2D eigenvalue weighted by Gasteiger charge is 2.34. The van der Waals surface area contributed by atoms with Gasteiger partial charge in [-0.3, -0.25) is 10.2 Å². The highest BCUT2D eigenvalue weighted by Crippen LogP contribution is 2.25. The van der Waals surface area contributed by atoms with Crippen LogP contribution in [0, 0.1) is 5.41 Å². The molecular formula is C12H25ClN2O. The average molecular weight is 249 g/mol. The largest absolute Gasteiger partial charge is 0.361 e. The molecule has 16 heavy (non-hydrogen) atoms. The zero-order chi connectivity index (χ0) is 10.9. The van der Waals surface area contributed by atoms with Gasteiger partial charge >= 0.3 is 0 Å². The molecule has 2 saturated heterocycles. The number of rotatable bonds is 1. The van der Waals surface area contributed by atoms with E-state index in [1.807, 2.05) is 0 Å². The van der Waals surface area contributed by atoms with Crippen LogP contribution >= 0.6 is 12.4 Å². The van der Waals surface area contributed by atoms with Crippen molar-refractivity contribution < 1.29 is 4.74 Å². The molecule has 0 aromatic rings. The second kappa shape index (κ2) is 5.67. The van der Waals surface area contributed by atoms with Crippen LogP contribution in [0.2, 0.25) is 0 Å². The smallest absolute Gasteiger partial charge is 0.123 e. The molecule has 2 atom stereocenters. The summed E-state index contributed by atoms with van der Waals surface area (Å²) in [6.45, 7) is 7.67. The summed E-state index contributed by atoms with van der Waals surface area (Å²) in [4.78, 5) is 2.44. The van der Waals surface area contributed by atoms with Gasteiger partial charge in [0.2, 0.25) is 0 Å². The van der Waals surface area contributed by atoms with Crippen LogP contribution in [-0.4, -0.2) is 43.9 Å². The maximum Gasteiger partial charge on any atom is 0.123 e. The number of nitrogens with one attached hydrogen (secondary N) is 1. The molecule has 0 radical (unpaired) electrons. The van der Waals surface area contributed by atoms with Crippen molar-refractivity contribution in [1.29, 1.82) is 0 Å². The van der Waals surface area contributed by atoms with Gasteiger partial charge in [0.05, 0.1) is 6.61 Å². The monoisotopic (exact) mass is 248 g/mol. The van der Waals surface area contributed by atoms with E-state index in [9.17, 15) is 0 Å². The Morgan fingerprint density at radius 1 is 1.31 bits per heavy atom. The first-order chi connectivity index (χ1) is 7.08. The first kappa shape index (κ1) is 14.2. The first-order valence-corrected chi connectivity index (χ1v) is 6.14. The van der Waals surface area contributed by atoms with E-state index >= 15 is 0 Å². The minimum Gasteiger partial charge on any atom is -0.361 e. The molecule has 96 valence electrons. The Balaban J connectivity index is 0.00000128. The van der Waals surface area contributed by atoms with Crippen molar-refractivity contribution in [3.8, 4) is 0 Å². The molecule has 2 fully saturated rings. The molecule has 4 heteroatoms. The van der Waals surface area contributed by atoms with Crippen molar-refractivity contribution in [2.45, 2.75) is 45.4 Å². The summed E-state index contributed by atoms with van der Waals surface area (Å²) in [6, 6.07) is 0.579. The van der Waals surface area contributed by atoms with E-state index in [-0.39, 0.29) is 18.6 Å². The number of likely N-dealkylation sites (N-methyl/N-ethyl adjacent to an activating group) is 1. The van der Waals surface area contributed by atoms with Crippen LogP contribution in [0.3, 0.4) is 0 Å². The normalized spacial score (nSPS) is 35.4. The van der Waals surface area contributed by atoms with E-state index in [1.54, 1.807) is 0 Å². The lowest BCUT2D eigenvalue weighted by Crippen LogP contribution is -2.57. The van der Waals surface area contributed by atoms with Crippen molar-refractivity contribution in [3.05, 3.63) is 0 Å². The average Bonchev–Trinajstić information content (AvgIpc) is 2.19. The van der Waals surface area contributed by atoms with E-state index < -0.39 is 0 Å². The minimum absolute atomic E-state index is 0. The van der Waals surface area contributed by atoms with E-state index in [1.165, 1.54) is 25.8 Å². The molecule has 0 spiro atoms. The highest BCUT2D eigenvalue weighted by molar-refractivity contribution is 5.85. The molecule has 0 aliphatic carbocycles. The molecular weight excluding hydrogens is 224 g/mol. The number of hydrogen-bond donors (Lipinski definition) is 1. The SMILES string of the molecule is CN1CCCCC1C1NCC(C)(C)CO1.Cl. The second-order valence-corrected chi connectivity index (χ2v) is 5.82. The van der Waals surface area contributed by atoms with Gasteiger partial charge in [-0.25, -0.2) is 0 Å². The Kier molecular flexibility index (Phi) is 5.05. The number of likely N-dealkylation sites (tertiary alicyclic amines) is 1. The Bertz CT molecular complexity index is 213. The second-order valence-electron chi connectivity index (χ2n) is 5.82. The van der Waals surface area contributed by atoms with Crippen molar-refractivity contribution in [3.63, 3.8) is 0 Å². The Labute approximate surface area is 105 Å². The topological polar surface area (TPSA) is 24.5 Å². The quantitative estimate of drug-likeness (QED) is 0.767. The molecule has 2 rings (SSSR count). The number of halogens is 1. The maximum absolute atomic E-state index is 5.95. The van der Waals surface area contributed by atoms with Crippen molar-refractivity contribution >= 4 is 12.4 Å². The summed E-state index contributed by atoms with van der Waals surface area (Å²) in [5.74, 6) is 0. The maximum atomic E-state index is 5.95. The Morgan fingerprint density at radius 2 is 2.06 bits per heavy atom. The number of hydrogen-bond acceptors (Lipinski definition) is 3. The highest BCUT2D eigenvalue weighted by atomic mass is 35.5. The van der Waals surface area contributed by atoms with E-state index in [2.05, 4.69) is 31.1 Å². The lowest BCUT2D eigenvalue weighted by atomic mass is 9.92. The van der Waals surface area contributed by atoms with Gasteiger partial charge in [-0.2, -0.15) is 0 Å². The van der Waals surface area contributed by atoms with Crippen LogP contribution in [0.1, 0.15) is 33.1 Å². The van der Waals surface area contributed by atoms with Crippen LogP contribution in [0.25, 0.3) is 0 Å². The van der Waals surface area contributed by atoms with Gasteiger partial charge in [0.15, 0.2) is 0 Å². The van der Waals surface area contributed by atoms with Crippen LogP contribution in [0.5, 0.6) is 0 Å². The molecule has 2 aliphatic rings. The van der Waals surface area contributed by atoms with E-state index in [0.29, 0.717) is 11.5 Å².